The molecular formula is C23H27N3O3S. The molecule has 2 atom stereocenters. The van der Waals surface area contributed by atoms with Crippen molar-refractivity contribution in [1.82, 2.24) is 5.32 Å². The Kier molecular flexibility index (Phi) is 5.90. The molecule has 1 aliphatic heterocycles. The van der Waals surface area contributed by atoms with Gasteiger partial charge in [0.25, 0.3) is 15.9 Å². The molecule has 4 rings (SSSR count). The summed E-state index contributed by atoms with van der Waals surface area (Å²) in [4.78, 5) is 12.9. The molecule has 0 aromatic heterocycles. The minimum Gasteiger partial charge on any atom is -0.349 e. The van der Waals surface area contributed by atoms with E-state index in [2.05, 4.69) is 22.0 Å². The monoisotopic (exact) mass is 425 g/mol. The topological polar surface area (TPSA) is 87.6 Å². The Bertz CT molecular complexity index is 1060. The Labute approximate surface area is 177 Å². The highest BCUT2D eigenvalue weighted by Gasteiger charge is 2.29. The molecule has 2 aliphatic rings. The number of hydrogen-bond acceptors (Lipinski definition) is 4. The van der Waals surface area contributed by atoms with E-state index < -0.39 is 10.0 Å². The molecule has 1 heterocycles. The third-order valence-electron chi connectivity index (χ3n) is 5.95. The Hall–Kier alpha value is -2.67. The van der Waals surface area contributed by atoms with E-state index in [-0.39, 0.29) is 16.8 Å². The van der Waals surface area contributed by atoms with Gasteiger partial charge in [-0.2, -0.15) is 8.42 Å². The van der Waals surface area contributed by atoms with Gasteiger partial charge in [0.05, 0.1) is 0 Å². The molecule has 1 fully saturated rings. The number of fused-ring (bicyclic) bond motifs is 1. The average Bonchev–Trinajstić information content (AvgIpc) is 3.28. The van der Waals surface area contributed by atoms with Crippen LogP contribution in [0.5, 0.6) is 0 Å². The summed E-state index contributed by atoms with van der Waals surface area (Å²) in [5.74, 6) is 0.825. The largest absolute Gasteiger partial charge is 0.349 e. The van der Waals surface area contributed by atoms with Crippen molar-refractivity contribution in [3.8, 4) is 0 Å². The van der Waals surface area contributed by atoms with Crippen LogP contribution >= 0.6 is 0 Å². The van der Waals surface area contributed by atoms with Crippen molar-refractivity contribution >= 4 is 27.5 Å². The summed E-state index contributed by atoms with van der Waals surface area (Å²) in [6, 6.07) is 14.0. The minimum absolute atomic E-state index is 0.0546. The van der Waals surface area contributed by atoms with Gasteiger partial charge in [0.15, 0.2) is 5.84 Å². The lowest BCUT2D eigenvalue weighted by molar-refractivity contribution is 0.0926. The zero-order valence-corrected chi connectivity index (χ0v) is 17.9. The zero-order valence-electron chi connectivity index (χ0n) is 17.1. The molecule has 2 unspecified atom stereocenters. The molecule has 1 amide bonds. The summed E-state index contributed by atoms with van der Waals surface area (Å²) < 4.78 is 28.2. The van der Waals surface area contributed by atoms with Crippen LogP contribution in [0, 0.1) is 5.92 Å². The first-order valence-electron chi connectivity index (χ1n) is 10.6. The Morgan fingerprint density at radius 2 is 1.87 bits per heavy atom. The molecule has 0 bridgehead atoms. The standard InChI is InChI=1S/C23H27N3O3S/c1-2-3-7-16-8-6-10-20(16)25-23(27)17-12-14-18(15-13-17)24-22-19-9-4-5-11-21(19)30(28,29)26-22/h4-5,9,11-16,20H,2-3,6-8,10H2,1H3,(H,24,26)(H,25,27). The summed E-state index contributed by atoms with van der Waals surface area (Å²) >= 11 is 0. The fourth-order valence-corrected chi connectivity index (χ4v) is 5.50. The second-order valence-corrected chi connectivity index (χ2v) is 9.60. The Morgan fingerprint density at radius 1 is 1.10 bits per heavy atom. The maximum atomic E-state index is 12.7. The first kappa shape index (κ1) is 20.6. The molecule has 1 saturated carbocycles. The van der Waals surface area contributed by atoms with Crippen molar-refractivity contribution in [3.63, 3.8) is 0 Å². The molecule has 0 spiro atoms. The molecule has 2 aromatic carbocycles. The molecule has 1 aliphatic carbocycles. The number of carbonyl (C=O) groups excluding carboxylic acids is 1. The Morgan fingerprint density at radius 3 is 2.63 bits per heavy atom. The number of amidine groups is 1. The van der Waals surface area contributed by atoms with Crippen molar-refractivity contribution < 1.29 is 13.2 Å². The fraction of sp³-hybridized carbons (Fsp3) is 0.391. The highest BCUT2D eigenvalue weighted by atomic mass is 32.2. The van der Waals surface area contributed by atoms with Gasteiger partial charge >= 0.3 is 0 Å². The number of nitrogens with zero attached hydrogens (tertiary/aromatic N) is 1. The minimum atomic E-state index is -3.66. The predicted molar refractivity (Wildman–Crippen MR) is 118 cm³/mol. The molecular weight excluding hydrogens is 398 g/mol. The van der Waals surface area contributed by atoms with E-state index in [4.69, 9.17) is 0 Å². The van der Waals surface area contributed by atoms with Gasteiger partial charge in [0.2, 0.25) is 0 Å². The SMILES string of the molecule is CCCCC1CCCC1NC(=O)c1ccc(NC2=NS(=O)(=O)c3ccccc32)cc1. The second kappa shape index (κ2) is 8.60. The highest BCUT2D eigenvalue weighted by Crippen LogP contribution is 2.30. The first-order chi connectivity index (χ1) is 14.5. The van der Waals surface area contributed by atoms with Crippen LogP contribution < -0.4 is 10.6 Å². The number of carbonyl (C=O) groups is 1. The second-order valence-electron chi connectivity index (χ2n) is 8.03. The van der Waals surface area contributed by atoms with E-state index in [0.29, 0.717) is 28.6 Å². The van der Waals surface area contributed by atoms with Crippen molar-refractivity contribution in [2.24, 2.45) is 10.3 Å². The van der Waals surface area contributed by atoms with Gasteiger partial charge in [-0.05, 0) is 61.6 Å². The van der Waals surface area contributed by atoms with Gasteiger partial charge in [0, 0.05) is 22.9 Å². The number of unbranched alkanes of at least 4 members (excludes halogenated alkanes) is 1. The van der Waals surface area contributed by atoms with Crippen molar-refractivity contribution in [2.45, 2.75) is 56.4 Å². The number of benzene rings is 2. The van der Waals surface area contributed by atoms with E-state index in [0.717, 1.165) is 6.42 Å². The maximum Gasteiger partial charge on any atom is 0.285 e. The average molecular weight is 426 g/mol. The summed E-state index contributed by atoms with van der Waals surface area (Å²) in [5, 5.41) is 6.27. The molecule has 0 radical (unpaired) electrons. The van der Waals surface area contributed by atoms with Gasteiger partial charge in [-0.25, -0.2) is 0 Å². The van der Waals surface area contributed by atoms with Crippen LogP contribution in [0.25, 0.3) is 0 Å². The highest BCUT2D eigenvalue weighted by molar-refractivity contribution is 7.90. The van der Waals surface area contributed by atoms with Crippen molar-refractivity contribution in [2.75, 3.05) is 5.32 Å². The number of nitrogens with one attached hydrogen (secondary N) is 2. The van der Waals surface area contributed by atoms with Crippen LogP contribution in [0.3, 0.4) is 0 Å². The number of rotatable bonds is 6. The van der Waals surface area contributed by atoms with Gasteiger partial charge in [-0.1, -0.05) is 38.3 Å². The third-order valence-corrected chi connectivity index (χ3v) is 7.28. The van der Waals surface area contributed by atoms with Gasteiger partial charge in [-0.15, -0.1) is 4.40 Å². The van der Waals surface area contributed by atoms with Crippen LogP contribution in [0.15, 0.2) is 57.8 Å². The third kappa shape index (κ3) is 4.26. The molecule has 7 heteroatoms. The van der Waals surface area contributed by atoms with Crippen molar-refractivity contribution in [1.29, 1.82) is 0 Å². The summed E-state index contributed by atoms with van der Waals surface area (Å²) in [6.45, 7) is 2.20. The van der Waals surface area contributed by atoms with E-state index in [1.807, 2.05) is 0 Å². The molecule has 2 N–H and O–H groups in total. The van der Waals surface area contributed by atoms with Gasteiger partial charge in [-0.3, -0.25) is 4.79 Å². The van der Waals surface area contributed by atoms with Crippen molar-refractivity contribution in [3.05, 3.63) is 59.7 Å². The zero-order chi connectivity index (χ0) is 21.1. The van der Waals surface area contributed by atoms with Crippen LogP contribution in [0.2, 0.25) is 0 Å². The van der Waals surface area contributed by atoms with Gasteiger partial charge in [0.1, 0.15) is 4.90 Å². The normalized spacial score (nSPS) is 21.7. The van der Waals surface area contributed by atoms with E-state index in [9.17, 15) is 13.2 Å². The molecule has 6 nitrogen and oxygen atoms in total. The Balaban J connectivity index is 1.42. The van der Waals surface area contributed by atoms with Crippen LogP contribution in [0.4, 0.5) is 5.69 Å². The quantitative estimate of drug-likeness (QED) is 0.721. The lowest BCUT2D eigenvalue weighted by Gasteiger charge is -2.21. The van der Waals surface area contributed by atoms with E-state index in [1.165, 1.54) is 32.1 Å². The summed E-state index contributed by atoms with van der Waals surface area (Å²) in [6.07, 6.45) is 6.99. The summed E-state index contributed by atoms with van der Waals surface area (Å²) in [7, 11) is -3.66. The lowest BCUT2D eigenvalue weighted by Crippen LogP contribution is -2.37. The van der Waals surface area contributed by atoms with Gasteiger partial charge < -0.3 is 10.6 Å². The number of hydrogen-bond donors (Lipinski definition) is 2. The number of anilines is 1. The van der Waals surface area contributed by atoms with E-state index >= 15 is 0 Å². The molecule has 0 saturated heterocycles. The predicted octanol–water partition coefficient (Wildman–Crippen LogP) is 4.34. The maximum absolute atomic E-state index is 12.7. The first-order valence-corrected chi connectivity index (χ1v) is 12.0. The van der Waals surface area contributed by atoms with E-state index in [1.54, 1.807) is 48.5 Å². The number of sulfonamides is 1. The summed E-state index contributed by atoms with van der Waals surface area (Å²) in [5.41, 5.74) is 1.83. The smallest absolute Gasteiger partial charge is 0.285 e. The van der Waals surface area contributed by atoms with Crippen LogP contribution in [-0.2, 0) is 10.0 Å². The fourth-order valence-electron chi connectivity index (χ4n) is 4.33. The number of amides is 1. The lowest BCUT2D eigenvalue weighted by atomic mass is 9.96. The van der Waals surface area contributed by atoms with Crippen LogP contribution in [0.1, 0.15) is 61.4 Å². The van der Waals surface area contributed by atoms with Crippen LogP contribution in [-0.4, -0.2) is 26.2 Å². The molecule has 2 aromatic rings. The molecule has 158 valence electrons. The molecule has 30 heavy (non-hydrogen) atoms.